The molecule has 1 amide bonds. The van der Waals surface area contributed by atoms with Crippen molar-refractivity contribution in [1.29, 1.82) is 0 Å². The van der Waals surface area contributed by atoms with Gasteiger partial charge in [0.2, 0.25) is 0 Å². The van der Waals surface area contributed by atoms with Crippen LogP contribution >= 0.6 is 0 Å². The van der Waals surface area contributed by atoms with Crippen LogP contribution in [0.3, 0.4) is 0 Å². The Bertz CT molecular complexity index is 508. The monoisotopic (exact) mass is 239 g/mol. The zero-order valence-corrected chi connectivity index (χ0v) is 8.44. The predicted molar refractivity (Wildman–Crippen MR) is 51.7 cm³/mol. The second kappa shape index (κ2) is 4.64. The minimum atomic E-state index is -0.921. The van der Waals surface area contributed by atoms with E-state index in [2.05, 4.69) is 25.9 Å². The molecule has 0 unspecified atom stereocenters. The van der Waals surface area contributed by atoms with Gasteiger partial charge in [0, 0.05) is 0 Å². The third-order valence-corrected chi connectivity index (χ3v) is 1.99. The second-order valence-electron chi connectivity index (χ2n) is 3.11. The standard InChI is InChI=1S/C9H7F2N5O/c10-5-2-1-3-6(11)8(5)9(17)12-4-7-13-15-16-14-7/h1-3H,4H2,(H,12,17)(H,13,14,15,16). The highest BCUT2D eigenvalue weighted by Gasteiger charge is 2.16. The number of hydrogen-bond acceptors (Lipinski definition) is 4. The largest absolute Gasteiger partial charge is 0.344 e. The number of rotatable bonds is 3. The number of H-pyrrole nitrogens is 1. The molecule has 88 valence electrons. The molecular formula is C9H7F2N5O. The molecule has 1 heterocycles. The number of nitrogens with zero attached hydrogens (tertiary/aromatic N) is 3. The fraction of sp³-hybridized carbons (Fsp3) is 0.111. The zero-order valence-electron chi connectivity index (χ0n) is 8.44. The van der Waals surface area contributed by atoms with Crippen LogP contribution in [0.1, 0.15) is 16.2 Å². The molecule has 0 radical (unpaired) electrons. The van der Waals surface area contributed by atoms with Crippen molar-refractivity contribution in [3.63, 3.8) is 0 Å². The number of amides is 1. The van der Waals surface area contributed by atoms with E-state index < -0.39 is 23.1 Å². The topological polar surface area (TPSA) is 83.6 Å². The summed E-state index contributed by atoms with van der Waals surface area (Å²) in [5, 5.41) is 14.9. The Morgan fingerprint density at radius 1 is 1.35 bits per heavy atom. The van der Waals surface area contributed by atoms with Crippen molar-refractivity contribution in [2.45, 2.75) is 6.54 Å². The van der Waals surface area contributed by atoms with Gasteiger partial charge >= 0.3 is 0 Å². The summed E-state index contributed by atoms with van der Waals surface area (Å²) in [5.41, 5.74) is -0.629. The molecule has 0 saturated heterocycles. The number of carbonyl (C=O) groups excluding carboxylic acids is 1. The van der Waals surface area contributed by atoms with Crippen molar-refractivity contribution in [3.8, 4) is 0 Å². The molecule has 6 nitrogen and oxygen atoms in total. The van der Waals surface area contributed by atoms with Crippen LogP contribution < -0.4 is 5.32 Å². The predicted octanol–water partition coefficient (Wildman–Crippen LogP) is 0.408. The highest BCUT2D eigenvalue weighted by atomic mass is 19.1. The van der Waals surface area contributed by atoms with E-state index in [0.717, 1.165) is 12.1 Å². The van der Waals surface area contributed by atoms with Crippen LogP contribution in [0.25, 0.3) is 0 Å². The molecule has 0 aliphatic heterocycles. The molecular weight excluding hydrogens is 232 g/mol. The number of benzene rings is 1. The van der Waals surface area contributed by atoms with Crippen LogP contribution in [0.4, 0.5) is 8.78 Å². The lowest BCUT2D eigenvalue weighted by atomic mass is 10.2. The van der Waals surface area contributed by atoms with E-state index in [4.69, 9.17) is 0 Å². The number of nitrogens with one attached hydrogen (secondary N) is 2. The summed E-state index contributed by atoms with van der Waals surface area (Å²) in [6.07, 6.45) is 0. The number of tetrazole rings is 1. The first-order chi connectivity index (χ1) is 8.18. The summed E-state index contributed by atoms with van der Waals surface area (Å²) in [6.45, 7) is -0.0664. The molecule has 0 atom stereocenters. The summed E-state index contributed by atoms with van der Waals surface area (Å²) in [5.74, 6) is -2.49. The molecule has 0 fully saturated rings. The molecule has 8 heteroatoms. The van der Waals surface area contributed by atoms with E-state index in [1.807, 2.05) is 0 Å². The Morgan fingerprint density at radius 2 is 2.06 bits per heavy atom. The van der Waals surface area contributed by atoms with Crippen LogP contribution in [0.5, 0.6) is 0 Å². The van der Waals surface area contributed by atoms with Gasteiger partial charge in [-0.1, -0.05) is 11.3 Å². The van der Waals surface area contributed by atoms with Crippen LogP contribution in [-0.4, -0.2) is 26.5 Å². The van der Waals surface area contributed by atoms with Crippen molar-refractivity contribution in [2.75, 3.05) is 0 Å². The highest BCUT2D eigenvalue weighted by Crippen LogP contribution is 2.11. The molecule has 1 aromatic carbocycles. The summed E-state index contributed by atoms with van der Waals surface area (Å²) in [6, 6.07) is 3.19. The summed E-state index contributed by atoms with van der Waals surface area (Å²) >= 11 is 0. The number of aromatic amines is 1. The van der Waals surface area contributed by atoms with E-state index in [0.29, 0.717) is 0 Å². The molecule has 0 spiro atoms. The Labute approximate surface area is 94.0 Å². The van der Waals surface area contributed by atoms with E-state index >= 15 is 0 Å². The zero-order chi connectivity index (χ0) is 12.3. The maximum absolute atomic E-state index is 13.2. The van der Waals surface area contributed by atoms with Crippen molar-refractivity contribution in [3.05, 3.63) is 41.2 Å². The van der Waals surface area contributed by atoms with Crippen LogP contribution in [0, 0.1) is 11.6 Å². The Hall–Kier alpha value is -2.38. The Kier molecular flexibility index (Phi) is 3.03. The average Bonchev–Trinajstić information content (AvgIpc) is 2.79. The SMILES string of the molecule is O=C(NCc1nn[nH]n1)c1c(F)cccc1F. The highest BCUT2D eigenvalue weighted by molar-refractivity contribution is 5.94. The van der Waals surface area contributed by atoms with Crippen molar-refractivity contribution in [2.24, 2.45) is 0 Å². The third kappa shape index (κ3) is 2.41. The smallest absolute Gasteiger partial charge is 0.257 e. The summed E-state index contributed by atoms with van der Waals surface area (Å²) < 4.78 is 26.4. The van der Waals surface area contributed by atoms with Gasteiger partial charge in [0.25, 0.3) is 5.91 Å². The van der Waals surface area contributed by atoms with E-state index in [9.17, 15) is 13.6 Å². The molecule has 2 N–H and O–H groups in total. The first-order valence-corrected chi connectivity index (χ1v) is 4.63. The molecule has 17 heavy (non-hydrogen) atoms. The summed E-state index contributed by atoms with van der Waals surface area (Å²) in [4.78, 5) is 11.5. The quantitative estimate of drug-likeness (QED) is 0.812. The fourth-order valence-corrected chi connectivity index (χ4v) is 1.22. The lowest BCUT2D eigenvalue weighted by molar-refractivity contribution is 0.0941. The van der Waals surface area contributed by atoms with E-state index in [1.165, 1.54) is 6.07 Å². The molecule has 1 aromatic heterocycles. The molecule has 0 saturated carbocycles. The van der Waals surface area contributed by atoms with Gasteiger partial charge in [-0.3, -0.25) is 4.79 Å². The molecule has 0 aliphatic rings. The fourth-order valence-electron chi connectivity index (χ4n) is 1.22. The lowest BCUT2D eigenvalue weighted by Gasteiger charge is -2.04. The van der Waals surface area contributed by atoms with Gasteiger partial charge in [-0.2, -0.15) is 5.21 Å². The van der Waals surface area contributed by atoms with Crippen LogP contribution in [0.15, 0.2) is 18.2 Å². The maximum Gasteiger partial charge on any atom is 0.257 e. The van der Waals surface area contributed by atoms with E-state index in [1.54, 1.807) is 0 Å². The van der Waals surface area contributed by atoms with Crippen molar-refractivity contribution >= 4 is 5.91 Å². The Morgan fingerprint density at radius 3 is 2.65 bits per heavy atom. The van der Waals surface area contributed by atoms with Gasteiger partial charge < -0.3 is 5.32 Å². The second-order valence-corrected chi connectivity index (χ2v) is 3.11. The van der Waals surface area contributed by atoms with Gasteiger partial charge in [0.05, 0.1) is 6.54 Å². The van der Waals surface area contributed by atoms with Crippen LogP contribution in [0.2, 0.25) is 0 Å². The lowest BCUT2D eigenvalue weighted by Crippen LogP contribution is -2.25. The van der Waals surface area contributed by atoms with Gasteiger partial charge in [-0.05, 0) is 12.1 Å². The molecule has 0 aliphatic carbocycles. The summed E-state index contributed by atoms with van der Waals surface area (Å²) in [7, 11) is 0. The van der Waals surface area contributed by atoms with Gasteiger partial charge in [0.1, 0.15) is 17.2 Å². The minimum Gasteiger partial charge on any atom is -0.344 e. The number of carbonyl (C=O) groups is 1. The van der Waals surface area contributed by atoms with Crippen molar-refractivity contribution < 1.29 is 13.6 Å². The maximum atomic E-state index is 13.2. The van der Waals surface area contributed by atoms with Crippen molar-refractivity contribution in [1.82, 2.24) is 25.9 Å². The third-order valence-electron chi connectivity index (χ3n) is 1.99. The normalized spacial score (nSPS) is 10.2. The number of aromatic nitrogens is 4. The number of halogens is 2. The minimum absolute atomic E-state index is 0.0664. The van der Waals surface area contributed by atoms with Gasteiger partial charge in [0.15, 0.2) is 5.82 Å². The Balaban J connectivity index is 2.10. The first-order valence-electron chi connectivity index (χ1n) is 4.63. The van der Waals surface area contributed by atoms with Gasteiger partial charge in [-0.25, -0.2) is 8.78 Å². The average molecular weight is 239 g/mol. The molecule has 2 aromatic rings. The first kappa shape index (κ1) is 11.1. The van der Waals surface area contributed by atoms with Crippen LogP contribution in [-0.2, 0) is 6.54 Å². The molecule has 2 rings (SSSR count). The van der Waals surface area contributed by atoms with E-state index in [-0.39, 0.29) is 12.4 Å². The molecule has 0 bridgehead atoms. The number of hydrogen-bond donors (Lipinski definition) is 2. The van der Waals surface area contributed by atoms with Gasteiger partial charge in [-0.15, -0.1) is 10.2 Å².